The predicted octanol–water partition coefficient (Wildman–Crippen LogP) is 0.946. The van der Waals surface area contributed by atoms with Crippen LogP contribution in [0.1, 0.15) is 26.2 Å². The molecule has 1 aliphatic heterocycles. The van der Waals surface area contributed by atoms with E-state index in [1.54, 1.807) is 0 Å². The van der Waals surface area contributed by atoms with Crippen LogP contribution in [0.25, 0.3) is 0 Å². The number of aliphatic hydroxyl groups is 1. The third-order valence-electron chi connectivity index (χ3n) is 2.27. The van der Waals surface area contributed by atoms with E-state index in [1.165, 1.54) is 12.0 Å². The van der Waals surface area contributed by atoms with Gasteiger partial charge in [-0.25, -0.2) is 4.79 Å². The molecule has 1 heterocycles. The number of methoxy groups -OCH3 is 1. The quantitative estimate of drug-likeness (QED) is 0.593. The molecule has 1 rings (SSSR count). The standard InChI is InChI=1S/C8H15NO3/c1-6-4-3-5-7(10)9(6)8(11)12-2/h6-7,10H,3-5H2,1-2H3. The van der Waals surface area contributed by atoms with Crippen LogP contribution in [-0.4, -0.2) is 35.5 Å². The van der Waals surface area contributed by atoms with E-state index in [4.69, 9.17) is 0 Å². The number of likely N-dealkylation sites (tertiary alicyclic amines) is 1. The highest BCUT2D eigenvalue weighted by Crippen LogP contribution is 2.21. The molecule has 4 heteroatoms. The first-order valence-corrected chi connectivity index (χ1v) is 4.21. The van der Waals surface area contributed by atoms with Gasteiger partial charge in [0.05, 0.1) is 7.11 Å². The summed E-state index contributed by atoms with van der Waals surface area (Å²) >= 11 is 0. The fourth-order valence-electron chi connectivity index (χ4n) is 1.57. The van der Waals surface area contributed by atoms with Crippen molar-refractivity contribution in [2.75, 3.05) is 7.11 Å². The van der Waals surface area contributed by atoms with E-state index in [2.05, 4.69) is 4.74 Å². The summed E-state index contributed by atoms with van der Waals surface area (Å²) in [6.45, 7) is 1.92. The third-order valence-corrected chi connectivity index (χ3v) is 2.27. The summed E-state index contributed by atoms with van der Waals surface area (Å²) in [6.07, 6.45) is 1.46. The molecule has 2 atom stereocenters. The summed E-state index contributed by atoms with van der Waals surface area (Å²) in [4.78, 5) is 12.5. The molecule has 12 heavy (non-hydrogen) atoms. The van der Waals surface area contributed by atoms with Crippen molar-refractivity contribution in [3.8, 4) is 0 Å². The van der Waals surface area contributed by atoms with Gasteiger partial charge < -0.3 is 9.84 Å². The topological polar surface area (TPSA) is 49.8 Å². The molecule has 1 N–H and O–H groups in total. The summed E-state index contributed by atoms with van der Waals surface area (Å²) in [7, 11) is 1.33. The molecule has 1 fully saturated rings. The summed E-state index contributed by atoms with van der Waals surface area (Å²) in [5, 5.41) is 9.47. The summed E-state index contributed by atoms with van der Waals surface area (Å²) in [5.41, 5.74) is 0. The minimum atomic E-state index is -0.666. The SMILES string of the molecule is COC(=O)N1C(C)CCCC1O. The van der Waals surface area contributed by atoms with Crippen molar-refractivity contribution < 1.29 is 14.6 Å². The van der Waals surface area contributed by atoms with E-state index >= 15 is 0 Å². The van der Waals surface area contributed by atoms with E-state index in [1.807, 2.05) is 6.92 Å². The number of carbonyl (C=O) groups excluding carboxylic acids is 1. The Bertz CT molecular complexity index is 162. The zero-order valence-electron chi connectivity index (χ0n) is 7.49. The lowest BCUT2D eigenvalue weighted by atomic mass is 10.0. The van der Waals surface area contributed by atoms with Crippen molar-refractivity contribution in [1.29, 1.82) is 0 Å². The van der Waals surface area contributed by atoms with Gasteiger partial charge in [-0.1, -0.05) is 0 Å². The van der Waals surface area contributed by atoms with Crippen LogP contribution in [0.15, 0.2) is 0 Å². The van der Waals surface area contributed by atoms with Crippen molar-refractivity contribution in [3.05, 3.63) is 0 Å². The predicted molar refractivity (Wildman–Crippen MR) is 43.6 cm³/mol. The number of aliphatic hydroxyl groups excluding tert-OH is 1. The number of ether oxygens (including phenoxy) is 1. The Kier molecular flexibility index (Phi) is 2.92. The normalized spacial score (nSPS) is 30.1. The van der Waals surface area contributed by atoms with E-state index < -0.39 is 12.3 Å². The molecule has 0 bridgehead atoms. The lowest BCUT2D eigenvalue weighted by molar-refractivity contribution is -0.0398. The highest BCUT2D eigenvalue weighted by atomic mass is 16.5. The van der Waals surface area contributed by atoms with Crippen molar-refractivity contribution in [1.82, 2.24) is 4.90 Å². The van der Waals surface area contributed by atoms with Crippen LogP contribution < -0.4 is 0 Å². The van der Waals surface area contributed by atoms with Crippen LogP contribution in [0.4, 0.5) is 4.79 Å². The van der Waals surface area contributed by atoms with E-state index in [9.17, 15) is 9.90 Å². The number of carbonyl (C=O) groups is 1. The van der Waals surface area contributed by atoms with Gasteiger partial charge in [0.2, 0.25) is 0 Å². The van der Waals surface area contributed by atoms with Crippen LogP contribution in [0, 0.1) is 0 Å². The first-order valence-electron chi connectivity index (χ1n) is 4.21. The highest BCUT2D eigenvalue weighted by Gasteiger charge is 2.30. The largest absolute Gasteiger partial charge is 0.453 e. The smallest absolute Gasteiger partial charge is 0.411 e. The molecular formula is C8H15NO3. The molecule has 0 radical (unpaired) electrons. The van der Waals surface area contributed by atoms with Crippen LogP contribution >= 0.6 is 0 Å². The zero-order valence-corrected chi connectivity index (χ0v) is 7.49. The summed E-state index contributed by atoms with van der Waals surface area (Å²) in [5.74, 6) is 0. The van der Waals surface area contributed by atoms with Gasteiger partial charge >= 0.3 is 6.09 Å². The Morgan fingerprint density at radius 1 is 1.58 bits per heavy atom. The Hall–Kier alpha value is -0.770. The number of hydrogen-bond donors (Lipinski definition) is 1. The maximum absolute atomic E-state index is 11.1. The van der Waals surface area contributed by atoms with Gasteiger partial charge in [-0.05, 0) is 26.2 Å². The lowest BCUT2D eigenvalue weighted by Crippen LogP contribution is -2.48. The van der Waals surface area contributed by atoms with Gasteiger partial charge in [-0.3, -0.25) is 4.90 Å². The number of nitrogens with zero attached hydrogens (tertiary/aromatic N) is 1. The second kappa shape index (κ2) is 3.76. The van der Waals surface area contributed by atoms with Crippen molar-refractivity contribution in [2.45, 2.75) is 38.5 Å². The molecular weight excluding hydrogens is 158 g/mol. The van der Waals surface area contributed by atoms with Gasteiger partial charge in [-0.2, -0.15) is 0 Å². The number of piperidine rings is 1. The molecule has 0 aromatic heterocycles. The molecule has 70 valence electrons. The highest BCUT2D eigenvalue weighted by molar-refractivity contribution is 5.68. The van der Waals surface area contributed by atoms with Gasteiger partial charge in [0.15, 0.2) is 0 Å². The monoisotopic (exact) mass is 173 g/mol. The van der Waals surface area contributed by atoms with E-state index in [0.717, 1.165) is 12.8 Å². The second-order valence-corrected chi connectivity index (χ2v) is 3.14. The third kappa shape index (κ3) is 1.69. The van der Waals surface area contributed by atoms with Crippen LogP contribution in [-0.2, 0) is 4.74 Å². The molecule has 0 spiro atoms. The van der Waals surface area contributed by atoms with Crippen molar-refractivity contribution in [3.63, 3.8) is 0 Å². The number of amides is 1. The minimum Gasteiger partial charge on any atom is -0.453 e. The van der Waals surface area contributed by atoms with E-state index in [0.29, 0.717) is 6.42 Å². The van der Waals surface area contributed by atoms with Gasteiger partial charge in [0, 0.05) is 6.04 Å². The maximum atomic E-state index is 11.1. The molecule has 1 aliphatic rings. The van der Waals surface area contributed by atoms with Crippen LogP contribution in [0.5, 0.6) is 0 Å². The molecule has 4 nitrogen and oxygen atoms in total. The van der Waals surface area contributed by atoms with Gasteiger partial charge in [-0.15, -0.1) is 0 Å². The Labute approximate surface area is 72.1 Å². The molecule has 0 aromatic rings. The minimum absolute atomic E-state index is 0.0844. The second-order valence-electron chi connectivity index (χ2n) is 3.14. The van der Waals surface area contributed by atoms with Crippen LogP contribution in [0.3, 0.4) is 0 Å². The first-order chi connectivity index (χ1) is 5.66. The number of rotatable bonds is 0. The molecule has 0 aliphatic carbocycles. The lowest BCUT2D eigenvalue weighted by Gasteiger charge is -2.36. The molecule has 0 aromatic carbocycles. The first kappa shape index (κ1) is 9.32. The fraction of sp³-hybridized carbons (Fsp3) is 0.875. The average molecular weight is 173 g/mol. The van der Waals surface area contributed by atoms with Crippen molar-refractivity contribution in [2.24, 2.45) is 0 Å². The Morgan fingerprint density at radius 2 is 2.25 bits per heavy atom. The fourth-order valence-corrected chi connectivity index (χ4v) is 1.57. The maximum Gasteiger partial charge on any atom is 0.411 e. The zero-order chi connectivity index (χ0) is 9.14. The molecule has 2 unspecified atom stereocenters. The molecule has 1 saturated heterocycles. The molecule has 0 saturated carbocycles. The van der Waals surface area contributed by atoms with Crippen LogP contribution in [0.2, 0.25) is 0 Å². The average Bonchev–Trinajstić information content (AvgIpc) is 2.03. The van der Waals surface area contributed by atoms with Gasteiger partial charge in [0.25, 0.3) is 0 Å². The Morgan fingerprint density at radius 3 is 2.75 bits per heavy atom. The summed E-state index contributed by atoms with van der Waals surface area (Å²) < 4.78 is 4.56. The summed E-state index contributed by atoms with van der Waals surface area (Å²) in [6, 6.07) is 0.0844. The van der Waals surface area contributed by atoms with E-state index in [-0.39, 0.29) is 6.04 Å². The Balaban J connectivity index is 2.62. The number of hydrogen-bond acceptors (Lipinski definition) is 3. The van der Waals surface area contributed by atoms with Gasteiger partial charge in [0.1, 0.15) is 6.23 Å². The molecule has 1 amide bonds. The van der Waals surface area contributed by atoms with Crippen molar-refractivity contribution >= 4 is 6.09 Å².